The first kappa shape index (κ1) is 9.88. The zero-order valence-corrected chi connectivity index (χ0v) is 8.15. The van der Waals surface area contributed by atoms with Crippen molar-refractivity contribution in [2.45, 2.75) is 0 Å². The minimum Gasteiger partial charge on any atom is -0.396 e. The van der Waals surface area contributed by atoms with Crippen LogP contribution >= 0.6 is 31.9 Å². The Morgan fingerprint density at radius 3 is 1.33 bits per heavy atom. The molecule has 0 saturated heterocycles. The highest BCUT2D eigenvalue weighted by atomic mass is 79.9. The lowest BCUT2D eigenvalue weighted by atomic mass is 9.97. The van der Waals surface area contributed by atoms with Crippen LogP contribution in [0.3, 0.4) is 0 Å². The van der Waals surface area contributed by atoms with Gasteiger partial charge in [-0.05, 0) is 0 Å². The second-order valence-corrected chi connectivity index (χ2v) is 3.20. The van der Waals surface area contributed by atoms with E-state index in [1.165, 1.54) is 0 Å². The SMILES string of the molecule is OCC(CO)(CBr)CBr. The van der Waals surface area contributed by atoms with Gasteiger partial charge in [0.05, 0.1) is 13.2 Å². The van der Waals surface area contributed by atoms with E-state index in [2.05, 4.69) is 31.9 Å². The number of alkyl halides is 2. The van der Waals surface area contributed by atoms with Gasteiger partial charge in [0.1, 0.15) is 0 Å². The van der Waals surface area contributed by atoms with Crippen LogP contribution in [0, 0.1) is 5.41 Å². The standard InChI is InChI=1S/C5H10Br2O2/c6-1-5(2-7,3-8)4-9/h8-9H,1-4H2. The third-order valence-corrected chi connectivity index (χ3v) is 3.62. The van der Waals surface area contributed by atoms with Crippen molar-refractivity contribution >= 4 is 31.9 Å². The van der Waals surface area contributed by atoms with Crippen LogP contribution in [0.1, 0.15) is 0 Å². The highest BCUT2D eigenvalue weighted by Crippen LogP contribution is 2.20. The van der Waals surface area contributed by atoms with Crippen LogP contribution in [-0.2, 0) is 0 Å². The van der Waals surface area contributed by atoms with Crippen molar-refractivity contribution in [1.29, 1.82) is 0 Å². The van der Waals surface area contributed by atoms with Crippen molar-refractivity contribution in [2.75, 3.05) is 23.9 Å². The molecule has 0 heterocycles. The summed E-state index contributed by atoms with van der Waals surface area (Å²) in [5.41, 5.74) is -0.389. The van der Waals surface area contributed by atoms with Crippen molar-refractivity contribution in [2.24, 2.45) is 5.41 Å². The largest absolute Gasteiger partial charge is 0.396 e. The summed E-state index contributed by atoms with van der Waals surface area (Å²) >= 11 is 6.41. The first-order valence-electron chi connectivity index (χ1n) is 2.58. The van der Waals surface area contributed by atoms with Gasteiger partial charge in [-0.2, -0.15) is 0 Å². The first-order valence-corrected chi connectivity index (χ1v) is 4.82. The third kappa shape index (κ3) is 2.53. The van der Waals surface area contributed by atoms with Gasteiger partial charge in [0.25, 0.3) is 0 Å². The van der Waals surface area contributed by atoms with E-state index >= 15 is 0 Å². The van der Waals surface area contributed by atoms with Gasteiger partial charge in [-0.15, -0.1) is 0 Å². The Bertz CT molecular complexity index is 55.8. The lowest BCUT2D eigenvalue weighted by Crippen LogP contribution is -2.33. The van der Waals surface area contributed by atoms with Gasteiger partial charge in [-0.25, -0.2) is 0 Å². The van der Waals surface area contributed by atoms with E-state index in [-0.39, 0.29) is 18.6 Å². The Labute approximate surface area is 71.5 Å². The molecule has 0 aromatic rings. The van der Waals surface area contributed by atoms with Crippen molar-refractivity contribution in [3.8, 4) is 0 Å². The molecule has 0 unspecified atom stereocenters. The first-order chi connectivity index (χ1) is 4.24. The van der Waals surface area contributed by atoms with Crippen LogP contribution in [-0.4, -0.2) is 34.1 Å². The summed E-state index contributed by atoms with van der Waals surface area (Å²) in [7, 11) is 0. The summed E-state index contributed by atoms with van der Waals surface area (Å²) in [5, 5.41) is 18.7. The molecule has 0 spiro atoms. The van der Waals surface area contributed by atoms with Crippen molar-refractivity contribution < 1.29 is 10.2 Å². The van der Waals surface area contributed by atoms with Crippen LogP contribution in [0.15, 0.2) is 0 Å². The minimum absolute atomic E-state index is 0. The van der Waals surface area contributed by atoms with E-state index < -0.39 is 0 Å². The molecule has 0 aliphatic heterocycles. The van der Waals surface area contributed by atoms with Gasteiger partial charge in [-0.1, -0.05) is 31.9 Å². The molecular formula is C5H10Br2O2. The molecule has 0 aromatic carbocycles. The van der Waals surface area contributed by atoms with Gasteiger partial charge >= 0.3 is 0 Å². The smallest absolute Gasteiger partial charge is 0.0525 e. The van der Waals surface area contributed by atoms with E-state index in [9.17, 15) is 0 Å². The van der Waals surface area contributed by atoms with Gasteiger partial charge in [0, 0.05) is 16.1 Å². The average Bonchev–Trinajstić information content (AvgIpc) is 1.95. The summed E-state index contributed by atoms with van der Waals surface area (Å²) in [5.74, 6) is 0. The molecule has 0 atom stereocenters. The zero-order valence-electron chi connectivity index (χ0n) is 4.98. The molecule has 0 saturated carbocycles. The second kappa shape index (κ2) is 4.66. The van der Waals surface area contributed by atoms with E-state index in [0.29, 0.717) is 10.7 Å². The number of aliphatic hydroxyl groups is 2. The predicted octanol–water partition coefficient (Wildman–Crippen LogP) is 0.747. The van der Waals surface area contributed by atoms with Gasteiger partial charge in [-0.3, -0.25) is 0 Å². The molecule has 0 bridgehead atoms. The van der Waals surface area contributed by atoms with Crippen LogP contribution in [0.5, 0.6) is 0 Å². The summed E-state index contributed by atoms with van der Waals surface area (Å²) in [6.45, 7) is 0. The number of rotatable bonds is 4. The Hall–Kier alpha value is 0.880. The fourth-order valence-electron chi connectivity index (χ4n) is 0.255. The molecule has 0 amide bonds. The average molecular weight is 262 g/mol. The topological polar surface area (TPSA) is 40.5 Å². The Morgan fingerprint density at radius 2 is 1.33 bits per heavy atom. The van der Waals surface area contributed by atoms with Crippen LogP contribution in [0.25, 0.3) is 0 Å². The second-order valence-electron chi connectivity index (χ2n) is 2.08. The maximum atomic E-state index is 8.76. The normalized spacial score (nSPS) is 12.0. The Balaban J connectivity index is 3.82. The van der Waals surface area contributed by atoms with E-state index in [1.54, 1.807) is 0 Å². The monoisotopic (exact) mass is 260 g/mol. The molecular weight excluding hydrogens is 252 g/mol. The lowest BCUT2D eigenvalue weighted by molar-refractivity contribution is 0.0952. The lowest BCUT2D eigenvalue weighted by Gasteiger charge is -2.23. The number of aliphatic hydroxyl groups excluding tert-OH is 2. The highest BCUT2D eigenvalue weighted by Gasteiger charge is 2.25. The molecule has 0 aromatic heterocycles. The van der Waals surface area contributed by atoms with E-state index in [1.807, 2.05) is 0 Å². The van der Waals surface area contributed by atoms with Crippen molar-refractivity contribution in [3.63, 3.8) is 0 Å². The summed E-state index contributed by atoms with van der Waals surface area (Å²) in [6, 6.07) is 0. The number of halogens is 2. The third-order valence-electron chi connectivity index (χ3n) is 1.24. The summed E-state index contributed by atoms with van der Waals surface area (Å²) < 4.78 is 0. The number of hydrogen-bond donors (Lipinski definition) is 2. The van der Waals surface area contributed by atoms with Crippen molar-refractivity contribution in [1.82, 2.24) is 0 Å². The van der Waals surface area contributed by atoms with E-state index in [4.69, 9.17) is 10.2 Å². The molecule has 0 aliphatic carbocycles. The zero-order chi connectivity index (χ0) is 7.33. The number of hydrogen-bond acceptors (Lipinski definition) is 2. The van der Waals surface area contributed by atoms with Gasteiger partial charge in [0.2, 0.25) is 0 Å². The molecule has 0 fully saturated rings. The maximum absolute atomic E-state index is 8.76. The molecule has 0 radical (unpaired) electrons. The molecule has 0 aliphatic rings. The summed E-state index contributed by atoms with van der Waals surface area (Å²) in [4.78, 5) is 0. The Morgan fingerprint density at radius 1 is 1.00 bits per heavy atom. The maximum Gasteiger partial charge on any atom is 0.0525 e. The predicted molar refractivity (Wildman–Crippen MR) is 44.2 cm³/mol. The molecule has 2 N–H and O–H groups in total. The van der Waals surface area contributed by atoms with Crippen LogP contribution < -0.4 is 0 Å². The fourth-order valence-corrected chi connectivity index (χ4v) is 1.89. The van der Waals surface area contributed by atoms with Gasteiger partial charge < -0.3 is 10.2 Å². The molecule has 0 rings (SSSR count). The van der Waals surface area contributed by atoms with Gasteiger partial charge in [0.15, 0.2) is 0 Å². The van der Waals surface area contributed by atoms with Crippen LogP contribution in [0.4, 0.5) is 0 Å². The van der Waals surface area contributed by atoms with Crippen LogP contribution in [0.2, 0.25) is 0 Å². The molecule has 56 valence electrons. The molecule has 4 heteroatoms. The summed E-state index contributed by atoms with van der Waals surface area (Å²) in [6.07, 6.45) is 0. The minimum atomic E-state index is -0.389. The quantitative estimate of drug-likeness (QED) is 0.734. The van der Waals surface area contributed by atoms with E-state index in [0.717, 1.165) is 0 Å². The van der Waals surface area contributed by atoms with Crippen molar-refractivity contribution in [3.05, 3.63) is 0 Å². The molecule has 2 nitrogen and oxygen atoms in total. The Kier molecular flexibility index (Phi) is 5.11. The molecule has 9 heavy (non-hydrogen) atoms. The highest BCUT2D eigenvalue weighted by molar-refractivity contribution is 9.09. The fraction of sp³-hybridized carbons (Fsp3) is 1.00.